The van der Waals surface area contributed by atoms with E-state index < -0.39 is 14.1 Å². The number of rotatable bonds is 0. The van der Waals surface area contributed by atoms with Crippen molar-refractivity contribution in [3.8, 4) is 0 Å². The Kier molecular flexibility index (Phi) is 2.40. The summed E-state index contributed by atoms with van der Waals surface area (Å²) >= 11 is 39.2. The third-order valence-electron chi connectivity index (χ3n) is 5.12. The normalized spacial score (nSPS) is 58.8. The fourth-order valence-corrected chi connectivity index (χ4v) is 7.61. The molecule has 2 fully saturated rings. The van der Waals surface area contributed by atoms with Gasteiger partial charge in [0.1, 0.15) is 9.75 Å². The van der Waals surface area contributed by atoms with Gasteiger partial charge in [-0.05, 0) is 30.1 Å². The molecule has 18 heavy (non-hydrogen) atoms. The molecule has 0 radical (unpaired) electrons. The van der Waals surface area contributed by atoms with Crippen molar-refractivity contribution in [2.75, 3.05) is 0 Å². The first-order valence-electron chi connectivity index (χ1n) is 5.78. The lowest BCUT2D eigenvalue weighted by molar-refractivity contribution is 0.305. The summed E-state index contributed by atoms with van der Waals surface area (Å²) in [6, 6.07) is 0. The minimum absolute atomic E-state index is 0.0664. The Morgan fingerprint density at radius 3 is 1.61 bits per heavy atom. The summed E-state index contributed by atoms with van der Waals surface area (Å²) in [6.45, 7) is 0. The number of halogens is 6. The van der Waals surface area contributed by atoms with Crippen LogP contribution in [0.15, 0.2) is 22.2 Å². The average Bonchev–Trinajstić information content (AvgIpc) is 2.97. The molecule has 0 N–H and O–H groups in total. The first-order valence-corrected chi connectivity index (χ1v) is 8.05. The van der Waals surface area contributed by atoms with Gasteiger partial charge in [0.25, 0.3) is 0 Å². The Balaban J connectivity index is 2.03. The highest BCUT2D eigenvalue weighted by Crippen LogP contribution is 2.81. The van der Waals surface area contributed by atoms with Crippen LogP contribution < -0.4 is 0 Å². The van der Waals surface area contributed by atoms with Gasteiger partial charge in [-0.15, -0.1) is 23.2 Å². The van der Waals surface area contributed by atoms with Gasteiger partial charge in [0.05, 0.1) is 10.1 Å². The van der Waals surface area contributed by atoms with E-state index in [1.807, 2.05) is 0 Å². The van der Waals surface area contributed by atoms with Crippen LogP contribution in [-0.4, -0.2) is 14.1 Å². The molecule has 0 aromatic carbocycles. The lowest BCUT2D eigenvalue weighted by Crippen LogP contribution is -2.46. The maximum atomic E-state index is 6.76. The smallest absolute Gasteiger partial charge is 0.109 e. The average molecular weight is 365 g/mol. The maximum Gasteiger partial charge on any atom is 0.166 e. The van der Waals surface area contributed by atoms with Crippen molar-refractivity contribution in [1.29, 1.82) is 0 Å². The standard InChI is InChI=1S/C12H8Cl6/c13-8-9(14)11(16)7-5-2-1-4(3-5)6(7)10(8,15)12(11,17)18/h1-2,4-7H,3H2/t4-,5+,6+,7-,10+,11?/m0/s1. The van der Waals surface area contributed by atoms with E-state index in [0.29, 0.717) is 21.9 Å². The number of fused-ring (bicyclic) bond motifs is 9. The summed E-state index contributed by atoms with van der Waals surface area (Å²) in [5.74, 6) is 0.815. The topological polar surface area (TPSA) is 0 Å². The maximum absolute atomic E-state index is 6.76. The molecule has 0 saturated heterocycles. The molecule has 0 amide bonds. The molecular weight excluding hydrogens is 357 g/mol. The minimum Gasteiger partial charge on any atom is -0.109 e. The molecule has 6 atom stereocenters. The summed E-state index contributed by atoms with van der Waals surface area (Å²) < 4.78 is -1.37. The number of hydrogen-bond acceptors (Lipinski definition) is 0. The number of allylic oxidation sites excluding steroid dienone is 4. The lowest BCUT2D eigenvalue weighted by atomic mass is 9.75. The van der Waals surface area contributed by atoms with Crippen molar-refractivity contribution in [1.82, 2.24) is 0 Å². The summed E-state index contributed by atoms with van der Waals surface area (Å²) in [7, 11) is 0. The third-order valence-corrected chi connectivity index (χ3v) is 9.42. The molecule has 0 spiro atoms. The molecule has 1 unspecified atom stereocenters. The van der Waals surface area contributed by atoms with Crippen LogP contribution in [0.25, 0.3) is 0 Å². The molecule has 0 aromatic rings. The Morgan fingerprint density at radius 2 is 1.22 bits per heavy atom. The van der Waals surface area contributed by atoms with E-state index in [-0.39, 0.29) is 11.8 Å². The van der Waals surface area contributed by atoms with Crippen LogP contribution in [0.3, 0.4) is 0 Å². The van der Waals surface area contributed by atoms with Crippen LogP contribution in [0, 0.1) is 23.7 Å². The van der Waals surface area contributed by atoms with Gasteiger partial charge >= 0.3 is 0 Å². The van der Waals surface area contributed by atoms with Gasteiger partial charge in [0.15, 0.2) is 4.33 Å². The van der Waals surface area contributed by atoms with E-state index in [2.05, 4.69) is 12.2 Å². The number of hydrogen-bond donors (Lipinski definition) is 0. The molecule has 0 nitrogen and oxygen atoms in total. The van der Waals surface area contributed by atoms with Crippen LogP contribution in [0.1, 0.15) is 6.42 Å². The minimum atomic E-state index is -1.37. The van der Waals surface area contributed by atoms with Crippen LogP contribution >= 0.6 is 69.6 Å². The Hall–Kier alpha value is 1.22. The van der Waals surface area contributed by atoms with E-state index >= 15 is 0 Å². The molecule has 4 aliphatic carbocycles. The van der Waals surface area contributed by atoms with Crippen molar-refractivity contribution < 1.29 is 0 Å². The fraction of sp³-hybridized carbons (Fsp3) is 0.667. The highest BCUT2D eigenvalue weighted by Gasteiger charge is 2.85. The second-order valence-corrected chi connectivity index (χ2v) is 8.90. The number of alkyl halides is 4. The van der Waals surface area contributed by atoms with Crippen molar-refractivity contribution in [3.63, 3.8) is 0 Å². The van der Waals surface area contributed by atoms with E-state index in [0.717, 1.165) is 6.42 Å². The van der Waals surface area contributed by atoms with Crippen molar-refractivity contribution in [2.24, 2.45) is 23.7 Å². The molecule has 4 rings (SSSR count). The zero-order valence-corrected chi connectivity index (χ0v) is 13.5. The Bertz CT molecular complexity index is 481. The highest BCUT2D eigenvalue weighted by atomic mass is 35.5. The predicted molar refractivity (Wildman–Crippen MR) is 78.1 cm³/mol. The molecule has 4 aliphatic rings. The van der Waals surface area contributed by atoms with Crippen LogP contribution in [0.4, 0.5) is 0 Å². The molecule has 0 aromatic heterocycles. The first kappa shape index (κ1) is 12.9. The fourth-order valence-electron chi connectivity index (χ4n) is 4.48. The van der Waals surface area contributed by atoms with E-state index in [9.17, 15) is 0 Å². The largest absolute Gasteiger partial charge is 0.166 e. The van der Waals surface area contributed by atoms with Crippen LogP contribution in [0.2, 0.25) is 0 Å². The van der Waals surface area contributed by atoms with Gasteiger partial charge in [-0.1, -0.05) is 58.6 Å². The van der Waals surface area contributed by atoms with Crippen LogP contribution in [-0.2, 0) is 0 Å². The van der Waals surface area contributed by atoms with Gasteiger partial charge < -0.3 is 0 Å². The highest BCUT2D eigenvalue weighted by molar-refractivity contribution is 6.65. The van der Waals surface area contributed by atoms with Crippen molar-refractivity contribution in [2.45, 2.75) is 20.5 Å². The van der Waals surface area contributed by atoms with E-state index in [4.69, 9.17) is 69.6 Å². The zero-order chi connectivity index (χ0) is 13.1. The zero-order valence-electron chi connectivity index (χ0n) is 8.94. The molecule has 98 valence electrons. The summed E-state index contributed by atoms with van der Waals surface area (Å²) in [6.07, 6.45) is 5.40. The van der Waals surface area contributed by atoms with Gasteiger partial charge in [-0.3, -0.25) is 0 Å². The second-order valence-electron chi connectivity index (χ2n) is 5.63. The van der Waals surface area contributed by atoms with Gasteiger partial charge in [0.2, 0.25) is 0 Å². The van der Waals surface area contributed by atoms with Gasteiger partial charge in [-0.2, -0.15) is 0 Å². The molecule has 6 heteroatoms. The predicted octanol–water partition coefficient (Wildman–Crippen LogP) is 5.27. The van der Waals surface area contributed by atoms with Crippen molar-refractivity contribution >= 4 is 69.6 Å². The molecule has 0 heterocycles. The summed E-state index contributed by atoms with van der Waals surface area (Å²) in [5.41, 5.74) is 0. The quantitative estimate of drug-likeness (QED) is 0.312. The summed E-state index contributed by atoms with van der Waals surface area (Å²) in [5, 5.41) is 0.654. The third kappa shape index (κ3) is 0.973. The summed E-state index contributed by atoms with van der Waals surface area (Å²) in [4.78, 5) is -2.13. The molecule has 4 bridgehead atoms. The van der Waals surface area contributed by atoms with Gasteiger partial charge in [-0.25, -0.2) is 0 Å². The Labute approximate surface area is 135 Å². The SMILES string of the molecule is ClC1=C(Cl)[C@]2(Cl)[C@H]3[C@H]([C@@H]4C=C[C@H]3C4)C1(Cl)C2(Cl)Cl. The van der Waals surface area contributed by atoms with E-state index in [1.54, 1.807) is 0 Å². The Morgan fingerprint density at radius 1 is 0.833 bits per heavy atom. The lowest BCUT2D eigenvalue weighted by Gasteiger charge is -2.37. The monoisotopic (exact) mass is 362 g/mol. The molecule has 0 aliphatic heterocycles. The van der Waals surface area contributed by atoms with E-state index in [1.165, 1.54) is 0 Å². The van der Waals surface area contributed by atoms with Crippen LogP contribution in [0.5, 0.6) is 0 Å². The molecule has 2 saturated carbocycles. The molecular formula is C12H8Cl6. The van der Waals surface area contributed by atoms with Gasteiger partial charge in [0, 0.05) is 0 Å². The first-order chi connectivity index (χ1) is 8.28. The van der Waals surface area contributed by atoms with Crippen molar-refractivity contribution in [3.05, 3.63) is 22.2 Å². The second kappa shape index (κ2) is 3.34.